The van der Waals surface area contributed by atoms with E-state index in [0.717, 1.165) is 12.3 Å². The maximum Gasteiger partial charge on any atom is 0.0139 e. The van der Waals surface area contributed by atoms with Gasteiger partial charge in [0.2, 0.25) is 0 Å². The van der Waals surface area contributed by atoms with Crippen molar-refractivity contribution >= 4 is 0 Å². The lowest BCUT2D eigenvalue weighted by molar-refractivity contribution is 0.514. The van der Waals surface area contributed by atoms with Crippen LogP contribution < -0.4 is 5.73 Å². The molecule has 1 nitrogen and oxygen atoms in total. The highest BCUT2D eigenvalue weighted by Crippen LogP contribution is 2.13. The molecule has 0 aromatic rings. The van der Waals surface area contributed by atoms with Gasteiger partial charge in [0.1, 0.15) is 0 Å². The summed E-state index contributed by atoms with van der Waals surface area (Å²) in [6.45, 7) is 8.84. The molecule has 0 saturated carbocycles. The van der Waals surface area contributed by atoms with Crippen LogP contribution in [0, 0.1) is 5.92 Å². The largest absolute Gasteiger partial charge is 0.327 e. The standard InChI is InChI=1S/C11H21N/c1-4-6-11(9-12)8-7-10(3)5-2/h4,6,10H,1,5,7-9,12H2,2-3H3/b11-6+. The van der Waals surface area contributed by atoms with Gasteiger partial charge in [-0.2, -0.15) is 0 Å². The third-order valence-electron chi connectivity index (χ3n) is 2.27. The second-order valence-electron chi connectivity index (χ2n) is 3.32. The van der Waals surface area contributed by atoms with Crippen molar-refractivity contribution < 1.29 is 0 Å². The van der Waals surface area contributed by atoms with Crippen LogP contribution in [-0.2, 0) is 0 Å². The zero-order chi connectivity index (χ0) is 9.40. The van der Waals surface area contributed by atoms with Crippen molar-refractivity contribution in [3.8, 4) is 0 Å². The first-order chi connectivity index (χ1) is 5.74. The SMILES string of the molecule is C=C/C=C(/CN)CCC(C)CC. The summed E-state index contributed by atoms with van der Waals surface area (Å²) in [4.78, 5) is 0. The summed E-state index contributed by atoms with van der Waals surface area (Å²) in [7, 11) is 0. The highest BCUT2D eigenvalue weighted by Gasteiger charge is 1.99. The Labute approximate surface area is 76.3 Å². The molecule has 0 aliphatic heterocycles. The van der Waals surface area contributed by atoms with Gasteiger partial charge in [-0.1, -0.05) is 44.6 Å². The third kappa shape index (κ3) is 5.14. The van der Waals surface area contributed by atoms with E-state index in [1.807, 2.05) is 12.2 Å². The second kappa shape index (κ2) is 7.11. The molecular formula is C11H21N. The van der Waals surface area contributed by atoms with Crippen LogP contribution in [0.3, 0.4) is 0 Å². The molecule has 0 radical (unpaired) electrons. The molecular weight excluding hydrogens is 146 g/mol. The first-order valence-electron chi connectivity index (χ1n) is 4.75. The Morgan fingerprint density at radius 2 is 2.25 bits per heavy atom. The van der Waals surface area contributed by atoms with E-state index in [9.17, 15) is 0 Å². The molecule has 2 N–H and O–H groups in total. The van der Waals surface area contributed by atoms with E-state index in [1.54, 1.807) is 0 Å². The zero-order valence-corrected chi connectivity index (χ0v) is 8.34. The van der Waals surface area contributed by atoms with E-state index >= 15 is 0 Å². The van der Waals surface area contributed by atoms with Gasteiger partial charge in [0, 0.05) is 6.54 Å². The van der Waals surface area contributed by atoms with Crippen LogP contribution in [0.2, 0.25) is 0 Å². The Morgan fingerprint density at radius 3 is 2.67 bits per heavy atom. The van der Waals surface area contributed by atoms with Gasteiger partial charge in [0.05, 0.1) is 0 Å². The molecule has 0 saturated heterocycles. The van der Waals surface area contributed by atoms with Crippen LogP contribution >= 0.6 is 0 Å². The van der Waals surface area contributed by atoms with Gasteiger partial charge in [-0.3, -0.25) is 0 Å². The van der Waals surface area contributed by atoms with E-state index in [0.29, 0.717) is 6.54 Å². The lowest BCUT2D eigenvalue weighted by atomic mass is 9.99. The summed E-state index contributed by atoms with van der Waals surface area (Å²) < 4.78 is 0. The first kappa shape index (κ1) is 11.4. The molecule has 1 heteroatoms. The van der Waals surface area contributed by atoms with Crippen LogP contribution in [-0.4, -0.2) is 6.54 Å². The van der Waals surface area contributed by atoms with Crippen molar-refractivity contribution in [2.45, 2.75) is 33.1 Å². The molecule has 0 aliphatic carbocycles. The summed E-state index contributed by atoms with van der Waals surface area (Å²) in [5, 5.41) is 0. The summed E-state index contributed by atoms with van der Waals surface area (Å²) in [6.07, 6.45) is 7.47. The van der Waals surface area contributed by atoms with E-state index in [-0.39, 0.29) is 0 Å². The summed E-state index contributed by atoms with van der Waals surface area (Å²) in [5.74, 6) is 0.810. The van der Waals surface area contributed by atoms with E-state index in [1.165, 1.54) is 18.4 Å². The maximum absolute atomic E-state index is 5.57. The van der Waals surface area contributed by atoms with Crippen LogP contribution in [0.25, 0.3) is 0 Å². The van der Waals surface area contributed by atoms with Crippen molar-refractivity contribution in [2.75, 3.05) is 6.54 Å². The number of hydrogen-bond acceptors (Lipinski definition) is 1. The summed E-state index contributed by atoms with van der Waals surface area (Å²) in [6, 6.07) is 0. The van der Waals surface area contributed by atoms with Crippen LogP contribution in [0.1, 0.15) is 33.1 Å². The predicted octanol–water partition coefficient (Wildman–Crippen LogP) is 2.88. The average Bonchev–Trinajstić information content (AvgIpc) is 2.11. The molecule has 12 heavy (non-hydrogen) atoms. The molecule has 0 spiro atoms. The molecule has 0 amide bonds. The van der Waals surface area contributed by atoms with Gasteiger partial charge in [-0.25, -0.2) is 0 Å². The molecule has 1 unspecified atom stereocenters. The van der Waals surface area contributed by atoms with Crippen molar-refractivity contribution in [1.29, 1.82) is 0 Å². The highest BCUT2D eigenvalue weighted by atomic mass is 14.5. The Morgan fingerprint density at radius 1 is 1.58 bits per heavy atom. The number of rotatable bonds is 6. The minimum atomic E-state index is 0.669. The van der Waals surface area contributed by atoms with Gasteiger partial charge in [0.25, 0.3) is 0 Å². The fourth-order valence-corrected chi connectivity index (χ4v) is 1.06. The molecule has 70 valence electrons. The van der Waals surface area contributed by atoms with Gasteiger partial charge < -0.3 is 5.73 Å². The smallest absolute Gasteiger partial charge is 0.0139 e. The monoisotopic (exact) mass is 167 g/mol. The summed E-state index contributed by atoms with van der Waals surface area (Å²) >= 11 is 0. The van der Waals surface area contributed by atoms with Gasteiger partial charge in [-0.05, 0) is 18.8 Å². The van der Waals surface area contributed by atoms with Crippen LogP contribution in [0.4, 0.5) is 0 Å². The second-order valence-corrected chi connectivity index (χ2v) is 3.32. The Bertz CT molecular complexity index is 147. The molecule has 0 aromatic carbocycles. The van der Waals surface area contributed by atoms with Crippen LogP contribution in [0.5, 0.6) is 0 Å². The minimum Gasteiger partial charge on any atom is -0.327 e. The van der Waals surface area contributed by atoms with Crippen molar-refractivity contribution in [3.05, 3.63) is 24.3 Å². The number of allylic oxidation sites excluding steroid dienone is 2. The molecule has 0 rings (SSSR count). The maximum atomic E-state index is 5.57. The molecule has 0 aromatic heterocycles. The Kier molecular flexibility index (Phi) is 6.78. The van der Waals surface area contributed by atoms with Gasteiger partial charge >= 0.3 is 0 Å². The topological polar surface area (TPSA) is 26.0 Å². The quantitative estimate of drug-likeness (QED) is 0.605. The highest BCUT2D eigenvalue weighted by molar-refractivity contribution is 5.11. The van der Waals surface area contributed by atoms with E-state index in [2.05, 4.69) is 20.4 Å². The first-order valence-corrected chi connectivity index (χ1v) is 4.75. The van der Waals surface area contributed by atoms with Crippen molar-refractivity contribution in [1.82, 2.24) is 0 Å². The normalized spacial score (nSPS) is 14.4. The third-order valence-corrected chi connectivity index (χ3v) is 2.27. The summed E-state index contributed by atoms with van der Waals surface area (Å²) in [5.41, 5.74) is 6.88. The minimum absolute atomic E-state index is 0.669. The molecule has 0 aliphatic rings. The van der Waals surface area contributed by atoms with Crippen molar-refractivity contribution in [2.24, 2.45) is 11.7 Å². The fraction of sp³-hybridized carbons (Fsp3) is 0.636. The molecule has 0 bridgehead atoms. The number of hydrogen-bond donors (Lipinski definition) is 1. The van der Waals surface area contributed by atoms with Gasteiger partial charge in [-0.15, -0.1) is 0 Å². The zero-order valence-electron chi connectivity index (χ0n) is 8.34. The average molecular weight is 167 g/mol. The Balaban J connectivity index is 3.72. The lowest BCUT2D eigenvalue weighted by Gasteiger charge is -2.08. The molecule has 0 heterocycles. The van der Waals surface area contributed by atoms with E-state index in [4.69, 9.17) is 5.73 Å². The lowest BCUT2D eigenvalue weighted by Crippen LogP contribution is -2.04. The number of nitrogens with two attached hydrogens (primary N) is 1. The van der Waals surface area contributed by atoms with E-state index < -0.39 is 0 Å². The Hall–Kier alpha value is -0.560. The van der Waals surface area contributed by atoms with Crippen molar-refractivity contribution in [3.63, 3.8) is 0 Å². The fourth-order valence-electron chi connectivity index (χ4n) is 1.06. The molecule has 1 atom stereocenters. The van der Waals surface area contributed by atoms with Crippen LogP contribution in [0.15, 0.2) is 24.3 Å². The molecule has 0 fully saturated rings. The predicted molar refractivity (Wildman–Crippen MR) is 56.0 cm³/mol. The van der Waals surface area contributed by atoms with Gasteiger partial charge in [0.15, 0.2) is 0 Å².